The van der Waals surface area contributed by atoms with E-state index in [1.54, 1.807) is 24.3 Å². The number of likely N-dealkylation sites (tertiary alicyclic amines) is 1. The molecule has 0 atom stereocenters. The summed E-state index contributed by atoms with van der Waals surface area (Å²) >= 11 is 0. The van der Waals surface area contributed by atoms with Crippen LogP contribution < -0.4 is 4.74 Å². The molecule has 128 valence electrons. The zero-order chi connectivity index (χ0) is 16.9. The first kappa shape index (κ1) is 16.8. The van der Waals surface area contributed by atoms with Crippen LogP contribution in [0.2, 0.25) is 0 Å². The minimum atomic E-state index is 0.0798. The second kappa shape index (κ2) is 7.67. The Morgan fingerprint density at radius 2 is 1.83 bits per heavy atom. The molecule has 5 heteroatoms. The van der Waals surface area contributed by atoms with Crippen LogP contribution in [0.15, 0.2) is 24.3 Å². The van der Waals surface area contributed by atoms with Crippen molar-refractivity contribution < 1.29 is 9.53 Å². The summed E-state index contributed by atoms with van der Waals surface area (Å²) < 4.78 is 5.65. The molecule has 0 aromatic heterocycles. The Balaban J connectivity index is 1.55. The number of benzene rings is 1. The fourth-order valence-electron chi connectivity index (χ4n) is 3.42. The number of nitriles is 1. The first-order valence-corrected chi connectivity index (χ1v) is 8.87. The zero-order valence-corrected chi connectivity index (χ0v) is 14.3. The largest absolute Gasteiger partial charge is 0.484 e. The second-order valence-electron chi connectivity index (χ2n) is 6.62. The standard InChI is InChI=1S/C19H25N3O2/c1-2-21-11-9-17(10-12-21)22(16-5-6-16)19(23)14-24-18-7-3-15(13-20)4-8-18/h3-4,7-8,16-17H,2,5-6,9-12,14H2,1H3. The molecular formula is C19H25N3O2. The van der Waals surface area contributed by atoms with Gasteiger partial charge < -0.3 is 14.5 Å². The predicted molar refractivity (Wildman–Crippen MR) is 91.7 cm³/mol. The molecule has 24 heavy (non-hydrogen) atoms. The van der Waals surface area contributed by atoms with Gasteiger partial charge in [-0.2, -0.15) is 5.26 Å². The van der Waals surface area contributed by atoms with E-state index < -0.39 is 0 Å². The molecule has 5 nitrogen and oxygen atoms in total. The van der Waals surface area contributed by atoms with Crippen molar-refractivity contribution >= 4 is 5.91 Å². The lowest BCUT2D eigenvalue weighted by atomic mass is 10.0. The third kappa shape index (κ3) is 4.07. The first-order valence-electron chi connectivity index (χ1n) is 8.87. The quantitative estimate of drug-likeness (QED) is 0.805. The fourth-order valence-corrected chi connectivity index (χ4v) is 3.42. The lowest BCUT2D eigenvalue weighted by Crippen LogP contribution is -2.49. The monoisotopic (exact) mass is 327 g/mol. The minimum Gasteiger partial charge on any atom is -0.484 e. The van der Waals surface area contributed by atoms with Crippen LogP contribution in [0.4, 0.5) is 0 Å². The van der Waals surface area contributed by atoms with Gasteiger partial charge in [-0.25, -0.2) is 0 Å². The van der Waals surface area contributed by atoms with Crippen LogP contribution in [0.5, 0.6) is 5.75 Å². The summed E-state index contributed by atoms with van der Waals surface area (Å²) in [5.74, 6) is 0.732. The second-order valence-corrected chi connectivity index (χ2v) is 6.62. The maximum atomic E-state index is 12.7. The van der Waals surface area contributed by atoms with E-state index >= 15 is 0 Å². The van der Waals surface area contributed by atoms with E-state index in [0.717, 1.165) is 45.3 Å². The number of hydrogen-bond donors (Lipinski definition) is 0. The van der Waals surface area contributed by atoms with Gasteiger partial charge in [-0.3, -0.25) is 4.79 Å². The Hall–Kier alpha value is -2.06. The maximum absolute atomic E-state index is 12.7. The number of amides is 1. The number of hydrogen-bond acceptors (Lipinski definition) is 4. The van der Waals surface area contributed by atoms with Crippen molar-refractivity contribution in [2.45, 2.75) is 44.7 Å². The fraction of sp³-hybridized carbons (Fsp3) is 0.579. The van der Waals surface area contributed by atoms with Gasteiger partial charge in [-0.1, -0.05) is 6.92 Å². The lowest BCUT2D eigenvalue weighted by molar-refractivity contribution is -0.137. The normalized spacial score (nSPS) is 18.8. The first-order chi connectivity index (χ1) is 11.7. The van der Waals surface area contributed by atoms with Crippen molar-refractivity contribution in [2.75, 3.05) is 26.2 Å². The number of carbonyl (C=O) groups excluding carboxylic acids is 1. The molecule has 0 radical (unpaired) electrons. The van der Waals surface area contributed by atoms with Gasteiger partial charge in [-0.05, 0) is 56.5 Å². The van der Waals surface area contributed by atoms with Crippen LogP contribution in [0.3, 0.4) is 0 Å². The van der Waals surface area contributed by atoms with Crippen molar-refractivity contribution in [3.63, 3.8) is 0 Å². The summed E-state index contributed by atoms with van der Waals surface area (Å²) in [5, 5.41) is 8.81. The zero-order valence-electron chi connectivity index (χ0n) is 14.3. The Bertz CT molecular complexity index is 596. The molecule has 1 aliphatic heterocycles. The number of nitrogens with zero attached hydrogens (tertiary/aromatic N) is 3. The van der Waals surface area contributed by atoms with Gasteiger partial charge in [0.2, 0.25) is 0 Å². The molecule has 2 aliphatic rings. The summed E-state index contributed by atoms with van der Waals surface area (Å²) in [6.45, 7) is 5.51. The topological polar surface area (TPSA) is 56.6 Å². The van der Waals surface area contributed by atoms with Gasteiger partial charge in [0.05, 0.1) is 11.6 Å². The molecule has 3 rings (SSSR count). The van der Waals surface area contributed by atoms with Crippen molar-refractivity contribution in [2.24, 2.45) is 0 Å². The van der Waals surface area contributed by atoms with Crippen LogP contribution in [0, 0.1) is 11.3 Å². The van der Waals surface area contributed by atoms with E-state index in [-0.39, 0.29) is 12.5 Å². The molecule has 0 unspecified atom stereocenters. The highest BCUT2D eigenvalue weighted by molar-refractivity contribution is 5.78. The van der Waals surface area contributed by atoms with Crippen molar-refractivity contribution in [1.82, 2.24) is 9.80 Å². The van der Waals surface area contributed by atoms with E-state index in [1.807, 2.05) is 0 Å². The molecule has 1 heterocycles. The third-order valence-electron chi connectivity index (χ3n) is 4.97. The van der Waals surface area contributed by atoms with Gasteiger partial charge in [0.25, 0.3) is 5.91 Å². The van der Waals surface area contributed by atoms with E-state index in [0.29, 0.717) is 23.4 Å². The highest BCUT2D eigenvalue weighted by atomic mass is 16.5. The van der Waals surface area contributed by atoms with E-state index in [1.165, 1.54) is 0 Å². The number of rotatable bonds is 6. The van der Waals surface area contributed by atoms with Crippen LogP contribution in [-0.2, 0) is 4.79 Å². The molecule has 1 aromatic rings. The average Bonchev–Trinajstić information content (AvgIpc) is 3.46. The van der Waals surface area contributed by atoms with Crippen molar-refractivity contribution in [1.29, 1.82) is 5.26 Å². The number of piperidine rings is 1. The lowest BCUT2D eigenvalue weighted by Gasteiger charge is -2.38. The molecule has 0 N–H and O–H groups in total. The van der Waals surface area contributed by atoms with Crippen LogP contribution >= 0.6 is 0 Å². The molecule has 0 spiro atoms. The number of ether oxygens (including phenoxy) is 1. The Labute approximate surface area is 143 Å². The molecule has 2 fully saturated rings. The molecule has 0 bridgehead atoms. The van der Waals surface area contributed by atoms with Gasteiger partial charge in [0.1, 0.15) is 5.75 Å². The summed E-state index contributed by atoms with van der Waals surface area (Å²) in [6.07, 6.45) is 4.37. The molecule has 1 saturated heterocycles. The SMILES string of the molecule is CCN1CCC(N(C(=O)COc2ccc(C#N)cc2)C2CC2)CC1. The van der Waals surface area contributed by atoms with Crippen molar-refractivity contribution in [3.05, 3.63) is 29.8 Å². The summed E-state index contributed by atoms with van der Waals surface area (Å²) in [4.78, 5) is 17.2. The maximum Gasteiger partial charge on any atom is 0.261 e. The Morgan fingerprint density at radius 3 is 2.38 bits per heavy atom. The molecular weight excluding hydrogens is 302 g/mol. The molecule has 1 saturated carbocycles. The number of carbonyl (C=O) groups is 1. The van der Waals surface area contributed by atoms with E-state index in [9.17, 15) is 4.79 Å². The Morgan fingerprint density at radius 1 is 1.21 bits per heavy atom. The van der Waals surface area contributed by atoms with Gasteiger partial charge >= 0.3 is 0 Å². The minimum absolute atomic E-state index is 0.0798. The van der Waals surface area contributed by atoms with Gasteiger partial charge in [0, 0.05) is 25.2 Å². The van der Waals surface area contributed by atoms with Crippen LogP contribution in [-0.4, -0.2) is 54.0 Å². The van der Waals surface area contributed by atoms with Gasteiger partial charge in [0.15, 0.2) is 6.61 Å². The summed E-state index contributed by atoms with van der Waals surface area (Å²) in [6, 6.07) is 9.75. The smallest absolute Gasteiger partial charge is 0.261 e. The third-order valence-corrected chi connectivity index (χ3v) is 4.97. The average molecular weight is 327 g/mol. The van der Waals surface area contributed by atoms with Crippen LogP contribution in [0.25, 0.3) is 0 Å². The molecule has 1 amide bonds. The highest BCUT2D eigenvalue weighted by Gasteiger charge is 2.38. The van der Waals surface area contributed by atoms with E-state index in [2.05, 4.69) is 22.8 Å². The van der Waals surface area contributed by atoms with E-state index in [4.69, 9.17) is 10.00 Å². The van der Waals surface area contributed by atoms with Gasteiger partial charge in [-0.15, -0.1) is 0 Å². The van der Waals surface area contributed by atoms with Crippen LogP contribution in [0.1, 0.15) is 38.2 Å². The summed E-state index contributed by atoms with van der Waals surface area (Å²) in [5.41, 5.74) is 0.593. The molecule has 1 aromatic carbocycles. The summed E-state index contributed by atoms with van der Waals surface area (Å²) in [7, 11) is 0. The Kier molecular flexibility index (Phi) is 5.37. The highest BCUT2D eigenvalue weighted by Crippen LogP contribution is 2.32. The molecule has 1 aliphatic carbocycles. The predicted octanol–water partition coefficient (Wildman–Crippen LogP) is 2.41. The van der Waals surface area contributed by atoms with Crippen molar-refractivity contribution in [3.8, 4) is 11.8 Å².